The highest BCUT2D eigenvalue weighted by Crippen LogP contribution is 2.23. The smallest absolute Gasteiger partial charge is 0.132 e. The first-order valence-electron chi connectivity index (χ1n) is 11.0. The molecule has 1 aromatic carbocycles. The van der Waals surface area contributed by atoms with E-state index in [2.05, 4.69) is 68.0 Å². The van der Waals surface area contributed by atoms with Crippen molar-refractivity contribution in [2.24, 2.45) is 0 Å². The highest BCUT2D eigenvalue weighted by atomic mass is 16.3. The Kier molecular flexibility index (Phi) is 6.74. The fraction of sp³-hybridized carbons (Fsp3) is 0.565. The van der Waals surface area contributed by atoms with Gasteiger partial charge in [-0.25, -0.2) is 9.97 Å². The van der Waals surface area contributed by atoms with E-state index in [1.807, 2.05) is 0 Å². The van der Waals surface area contributed by atoms with Gasteiger partial charge in [0.2, 0.25) is 0 Å². The molecule has 0 aliphatic carbocycles. The van der Waals surface area contributed by atoms with Crippen molar-refractivity contribution in [3.05, 3.63) is 54.0 Å². The molecule has 6 nitrogen and oxygen atoms in total. The molecule has 0 radical (unpaired) electrons. The van der Waals surface area contributed by atoms with E-state index in [0.29, 0.717) is 6.54 Å². The number of benzene rings is 1. The summed E-state index contributed by atoms with van der Waals surface area (Å²) in [6.07, 6.45) is 4.31. The molecule has 29 heavy (non-hydrogen) atoms. The van der Waals surface area contributed by atoms with Crippen LogP contribution in [0.4, 0.5) is 5.82 Å². The zero-order valence-electron chi connectivity index (χ0n) is 17.5. The monoisotopic (exact) mass is 395 g/mol. The van der Waals surface area contributed by atoms with Crippen molar-refractivity contribution in [1.29, 1.82) is 0 Å². The molecule has 156 valence electrons. The van der Waals surface area contributed by atoms with Gasteiger partial charge >= 0.3 is 0 Å². The number of aryl methyl sites for hydroxylation is 1. The highest BCUT2D eigenvalue weighted by Gasteiger charge is 2.34. The number of piperidine rings is 1. The molecule has 0 spiro atoms. The predicted molar refractivity (Wildman–Crippen MR) is 116 cm³/mol. The zero-order valence-corrected chi connectivity index (χ0v) is 17.5. The summed E-state index contributed by atoms with van der Waals surface area (Å²) in [5, 5.41) is 10.9. The maximum absolute atomic E-state index is 10.9. The molecule has 0 unspecified atom stereocenters. The lowest BCUT2D eigenvalue weighted by Gasteiger charge is -2.45. The quantitative estimate of drug-likeness (QED) is 0.806. The van der Waals surface area contributed by atoms with Gasteiger partial charge < -0.3 is 14.9 Å². The van der Waals surface area contributed by atoms with Crippen molar-refractivity contribution in [3.63, 3.8) is 0 Å². The number of aliphatic hydroxyl groups is 1. The van der Waals surface area contributed by atoms with Crippen molar-refractivity contribution in [3.8, 4) is 0 Å². The molecule has 4 rings (SSSR count). The number of anilines is 1. The molecular formula is C23H33N5O. The van der Waals surface area contributed by atoms with Crippen LogP contribution in [0, 0.1) is 0 Å². The zero-order chi connectivity index (χ0) is 20.1. The summed E-state index contributed by atoms with van der Waals surface area (Å²) < 4.78 is 0. The molecule has 2 atom stereocenters. The maximum Gasteiger partial charge on any atom is 0.132 e. The molecule has 6 heteroatoms. The minimum atomic E-state index is -0.334. The number of nitrogens with zero attached hydrogens (tertiary/aromatic N) is 5. The van der Waals surface area contributed by atoms with E-state index in [0.717, 1.165) is 70.0 Å². The van der Waals surface area contributed by atoms with Crippen LogP contribution in [-0.2, 0) is 12.8 Å². The maximum atomic E-state index is 10.9. The average Bonchev–Trinajstić information content (AvgIpc) is 2.79. The Morgan fingerprint density at radius 2 is 1.83 bits per heavy atom. The van der Waals surface area contributed by atoms with Crippen molar-refractivity contribution >= 4 is 5.82 Å². The van der Waals surface area contributed by atoms with Crippen LogP contribution in [0.1, 0.15) is 24.6 Å². The molecule has 0 amide bonds. The number of aromatic nitrogens is 2. The largest absolute Gasteiger partial charge is 0.390 e. The number of hydrogen-bond donors (Lipinski definition) is 1. The van der Waals surface area contributed by atoms with E-state index in [9.17, 15) is 5.11 Å². The Bertz CT molecular complexity index is 763. The van der Waals surface area contributed by atoms with Crippen LogP contribution in [0.5, 0.6) is 0 Å². The summed E-state index contributed by atoms with van der Waals surface area (Å²) in [5.74, 6) is 0.945. The van der Waals surface area contributed by atoms with Crippen LogP contribution >= 0.6 is 0 Å². The Labute approximate surface area is 174 Å². The second-order valence-electron chi connectivity index (χ2n) is 8.20. The molecule has 3 heterocycles. The van der Waals surface area contributed by atoms with Crippen LogP contribution in [-0.4, -0.2) is 82.8 Å². The van der Waals surface area contributed by atoms with Gasteiger partial charge in [-0.1, -0.05) is 37.3 Å². The van der Waals surface area contributed by atoms with Crippen molar-refractivity contribution in [1.82, 2.24) is 19.8 Å². The number of β-amino-alcohol motifs (C(OH)–C–C–N with tert-alkyl or cyclic N) is 1. The van der Waals surface area contributed by atoms with E-state index in [-0.39, 0.29) is 12.1 Å². The average molecular weight is 396 g/mol. The van der Waals surface area contributed by atoms with E-state index in [1.165, 1.54) is 5.56 Å². The van der Waals surface area contributed by atoms with E-state index in [4.69, 9.17) is 0 Å². The van der Waals surface area contributed by atoms with Crippen molar-refractivity contribution in [2.75, 3.05) is 50.7 Å². The molecule has 2 aromatic rings. The first-order valence-corrected chi connectivity index (χ1v) is 11.0. The first-order chi connectivity index (χ1) is 14.2. The Balaban J connectivity index is 1.25. The predicted octanol–water partition coefficient (Wildman–Crippen LogP) is 1.84. The second kappa shape index (κ2) is 9.65. The summed E-state index contributed by atoms with van der Waals surface area (Å²) >= 11 is 0. The summed E-state index contributed by atoms with van der Waals surface area (Å²) in [4.78, 5) is 16.0. The third-order valence-electron chi connectivity index (χ3n) is 6.38. The molecule has 1 aromatic heterocycles. The van der Waals surface area contributed by atoms with Crippen molar-refractivity contribution in [2.45, 2.75) is 38.3 Å². The Morgan fingerprint density at radius 1 is 1.03 bits per heavy atom. The summed E-state index contributed by atoms with van der Waals surface area (Å²) in [7, 11) is 0. The van der Waals surface area contributed by atoms with Crippen LogP contribution in [0.25, 0.3) is 0 Å². The standard InChI is InChI=1S/C23H33N5O/c1-2-20-16-23(25-18-24-20)28-11-9-21(22(29)17-28)27-14-12-26(13-15-27)10-8-19-6-4-3-5-7-19/h3-7,16,18,21-22,29H,2,8-15,17H2,1H3/t21-,22-/m1/s1. The second-order valence-corrected chi connectivity index (χ2v) is 8.20. The highest BCUT2D eigenvalue weighted by molar-refractivity contribution is 5.40. The Morgan fingerprint density at radius 3 is 2.55 bits per heavy atom. The van der Waals surface area contributed by atoms with E-state index >= 15 is 0 Å². The molecule has 0 saturated carbocycles. The lowest BCUT2D eigenvalue weighted by atomic mass is 9.99. The van der Waals surface area contributed by atoms with Gasteiger partial charge in [0, 0.05) is 63.6 Å². The number of piperazine rings is 1. The van der Waals surface area contributed by atoms with Crippen LogP contribution < -0.4 is 4.90 Å². The van der Waals surface area contributed by atoms with Gasteiger partial charge in [-0.3, -0.25) is 4.90 Å². The van der Waals surface area contributed by atoms with E-state index < -0.39 is 0 Å². The van der Waals surface area contributed by atoms with E-state index in [1.54, 1.807) is 6.33 Å². The summed E-state index contributed by atoms with van der Waals surface area (Å²) in [6.45, 7) is 9.08. The van der Waals surface area contributed by atoms with Crippen LogP contribution in [0.3, 0.4) is 0 Å². The number of aliphatic hydroxyl groups excluding tert-OH is 1. The topological polar surface area (TPSA) is 55.7 Å². The molecule has 2 saturated heterocycles. The molecule has 2 aliphatic heterocycles. The molecule has 2 fully saturated rings. The van der Waals surface area contributed by atoms with Crippen LogP contribution in [0.15, 0.2) is 42.7 Å². The fourth-order valence-electron chi connectivity index (χ4n) is 4.56. The Hall–Kier alpha value is -2.02. The number of rotatable bonds is 6. The summed E-state index contributed by atoms with van der Waals surface area (Å²) in [5.41, 5.74) is 2.46. The molecular weight excluding hydrogens is 362 g/mol. The fourth-order valence-corrected chi connectivity index (χ4v) is 4.56. The van der Waals surface area contributed by atoms with Crippen LogP contribution in [0.2, 0.25) is 0 Å². The number of hydrogen-bond acceptors (Lipinski definition) is 6. The van der Waals surface area contributed by atoms with Gasteiger partial charge in [0.1, 0.15) is 12.1 Å². The lowest BCUT2D eigenvalue weighted by molar-refractivity contribution is 0.00967. The molecule has 0 bridgehead atoms. The summed E-state index contributed by atoms with van der Waals surface area (Å²) in [6, 6.07) is 13.0. The first kappa shape index (κ1) is 20.3. The van der Waals surface area contributed by atoms with Crippen molar-refractivity contribution < 1.29 is 5.11 Å². The minimum Gasteiger partial charge on any atom is -0.390 e. The van der Waals surface area contributed by atoms with Gasteiger partial charge in [-0.05, 0) is 24.8 Å². The van der Waals surface area contributed by atoms with Gasteiger partial charge in [0.25, 0.3) is 0 Å². The SMILES string of the molecule is CCc1cc(N2CC[C@@H](N3CCN(CCc4ccccc4)CC3)[C@H](O)C2)ncn1. The lowest BCUT2D eigenvalue weighted by Crippen LogP contribution is -2.59. The van der Waals surface area contributed by atoms with Gasteiger partial charge in [-0.15, -0.1) is 0 Å². The van der Waals surface area contributed by atoms with Gasteiger partial charge in [0.05, 0.1) is 6.10 Å². The minimum absolute atomic E-state index is 0.259. The van der Waals surface area contributed by atoms with Gasteiger partial charge in [0.15, 0.2) is 0 Å². The molecule has 1 N–H and O–H groups in total. The molecule has 2 aliphatic rings. The third-order valence-corrected chi connectivity index (χ3v) is 6.38. The third kappa shape index (κ3) is 5.13. The van der Waals surface area contributed by atoms with Gasteiger partial charge in [-0.2, -0.15) is 0 Å². The normalized spacial score (nSPS) is 24.0.